The summed E-state index contributed by atoms with van der Waals surface area (Å²) in [7, 11) is 2.16. The van der Waals surface area contributed by atoms with E-state index < -0.39 is 0 Å². The van der Waals surface area contributed by atoms with Gasteiger partial charge in [0.2, 0.25) is 0 Å². The summed E-state index contributed by atoms with van der Waals surface area (Å²) in [6.07, 6.45) is 2.33. The van der Waals surface area contributed by atoms with Crippen molar-refractivity contribution in [3.8, 4) is 11.8 Å². The number of hydrogen-bond donors (Lipinski definition) is 1. The largest absolute Gasteiger partial charge is 0.384 e. The molecule has 18 heavy (non-hydrogen) atoms. The Bertz CT molecular complexity index is 413. The summed E-state index contributed by atoms with van der Waals surface area (Å²) in [5, 5.41) is 8.78. The van der Waals surface area contributed by atoms with E-state index in [9.17, 15) is 0 Å². The molecular formula is C16H23NO. The minimum absolute atomic E-state index is 0.0866. The Morgan fingerprint density at radius 3 is 2.50 bits per heavy atom. The predicted molar refractivity (Wildman–Crippen MR) is 76.2 cm³/mol. The zero-order valence-corrected chi connectivity index (χ0v) is 11.6. The standard InChI is InChI=1S/C16H23NO/c1-4-16(5-2)17(3)13-15-10-7-6-9-14(15)11-8-12-18/h6-7,9-10,16,18H,4-5,12-13H2,1-3H3. The summed E-state index contributed by atoms with van der Waals surface area (Å²) in [5.41, 5.74) is 2.25. The van der Waals surface area contributed by atoms with Crippen molar-refractivity contribution in [3.05, 3.63) is 35.4 Å². The van der Waals surface area contributed by atoms with Crippen LogP contribution in [0.4, 0.5) is 0 Å². The van der Waals surface area contributed by atoms with Gasteiger partial charge in [-0.2, -0.15) is 0 Å². The van der Waals surface area contributed by atoms with E-state index in [1.54, 1.807) is 0 Å². The van der Waals surface area contributed by atoms with Gasteiger partial charge in [-0.3, -0.25) is 4.90 Å². The Kier molecular flexibility index (Phi) is 6.49. The first-order chi connectivity index (χ1) is 8.72. The second kappa shape index (κ2) is 7.92. The summed E-state index contributed by atoms with van der Waals surface area (Å²) < 4.78 is 0. The van der Waals surface area contributed by atoms with Crippen LogP contribution in [0.15, 0.2) is 24.3 Å². The molecule has 98 valence electrons. The van der Waals surface area contributed by atoms with Gasteiger partial charge in [0.05, 0.1) is 0 Å². The second-order valence-electron chi connectivity index (χ2n) is 4.50. The maximum absolute atomic E-state index is 8.78. The fraction of sp³-hybridized carbons (Fsp3) is 0.500. The molecule has 0 aliphatic heterocycles. The fourth-order valence-electron chi connectivity index (χ4n) is 2.22. The van der Waals surface area contributed by atoms with Crippen molar-refractivity contribution in [3.63, 3.8) is 0 Å². The van der Waals surface area contributed by atoms with Gasteiger partial charge in [-0.25, -0.2) is 0 Å². The Hall–Kier alpha value is -1.30. The van der Waals surface area contributed by atoms with E-state index in [4.69, 9.17) is 5.11 Å². The molecule has 0 radical (unpaired) electrons. The molecule has 1 N–H and O–H groups in total. The van der Waals surface area contributed by atoms with Crippen molar-refractivity contribution in [1.29, 1.82) is 0 Å². The molecule has 0 fully saturated rings. The lowest BCUT2D eigenvalue weighted by Gasteiger charge is -2.26. The Morgan fingerprint density at radius 1 is 1.22 bits per heavy atom. The summed E-state index contributed by atoms with van der Waals surface area (Å²) in [5.74, 6) is 5.74. The highest BCUT2D eigenvalue weighted by molar-refractivity contribution is 5.41. The molecule has 1 aromatic rings. The highest BCUT2D eigenvalue weighted by Gasteiger charge is 2.11. The smallest absolute Gasteiger partial charge is 0.104 e. The van der Waals surface area contributed by atoms with E-state index in [1.165, 1.54) is 5.56 Å². The SMILES string of the molecule is CCC(CC)N(C)Cc1ccccc1C#CCO. The predicted octanol–water partition coefficient (Wildman–Crippen LogP) is 2.65. The summed E-state index contributed by atoms with van der Waals surface area (Å²) in [4.78, 5) is 2.37. The van der Waals surface area contributed by atoms with Crippen LogP contribution in [0, 0.1) is 11.8 Å². The van der Waals surface area contributed by atoms with Gasteiger partial charge in [0.15, 0.2) is 0 Å². The zero-order valence-electron chi connectivity index (χ0n) is 11.6. The highest BCUT2D eigenvalue weighted by Crippen LogP contribution is 2.14. The number of aliphatic hydroxyl groups is 1. The first-order valence-corrected chi connectivity index (χ1v) is 6.60. The van der Waals surface area contributed by atoms with Crippen LogP contribution in [0.25, 0.3) is 0 Å². The lowest BCUT2D eigenvalue weighted by Crippen LogP contribution is -2.30. The van der Waals surface area contributed by atoms with Crippen molar-refractivity contribution in [1.82, 2.24) is 4.90 Å². The number of hydrogen-bond acceptors (Lipinski definition) is 2. The maximum atomic E-state index is 8.78. The molecule has 0 spiro atoms. The van der Waals surface area contributed by atoms with Gasteiger partial charge in [0.1, 0.15) is 6.61 Å². The first-order valence-electron chi connectivity index (χ1n) is 6.60. The van der Waals surface area contributed by atoms with Crippen molar-refractivity contribution < 1.29 is 5.11 Å². The highest BCUT2D eigenvalue weighted by atomic mass is 16.2. The topological polar surface area (TPSA) is 23.5 Å². The number of aliphatic hydroxyl groups excluding tert-OH is 1. The van der Waals surface area contributed by atoms with Gasteiger partial charge >= 0.3 is 0 Å². The van der Waals surface area contributed by atoms with E-state index in [0.717, 1.165) is 24.9 Å². The minimum Gasteiger partial charge on any atom is -0.384 e. The van der Waals surface area contributed by atoms with Crippen molar-refractivity contribution >= 4 is 0 Å². The molecule has 0 bridgehead atoms. The first kappa shape index (κ1) is 14.8. The summed E-state index contributed by atoms with van der Waals surface area (Å²) in [6.45, 7) is 5.27. The number of nitrogens with zero attached hydrogens (tertiary/aromatic N) is 1. The Balaban J connectivity index is 2.83. The van der Waals surface area contributed by atoms with Crippen LogP contribution < -0.4 is 0 Å². The Labute approximate surface area is 111 Å². The lowest BCUT2D eigenvalue weighted by molar-refractivity contribution is 0.221. The van der Waals surface area contributed by atoms with Gasteiger partial charge in [0.25, 0.3) is 0 Å². The second-order valence-corrected chi connectivity index (χ2v) is 4.50. The van der Waals surface area contributed by atoms with Crippen molar-refractivity contribution in [2.45, 2.75) is 39.3 Å². The molecule has 2 heteroatoms. The maximum Gasteiger partial charge on any atom is 0.104 e. The van der Waals surface area contributed by atoms with Gasteiger partial charge in [0, 0.05) is 18.2 Å². The van der Waals surface area contributed by atoms with Gasteiger partial charge in [-0.15, -0.1) is 0 Å². The van der Waals surface area contributed by atoms with E-state index in [1.807, 2.05) is 18.2 Å². The third kappa shape index (κ3) is 4.18. The third-order valence-corrected chi connectivity index (χ3v) is 3.31. The van der Waals surface area contributed by atoms with Crippen molar-refractivity contribution in [2.75, 3.05) is 13.7 Å². The molecule has 0 heterocycles. The van der Waals surface area contributed by atoms with E-state index in [2.05, 4.69) is 43.7 Å². The average molecular weight is 245 g/mol. The van der Waals surface area contributed by atoms with Crippen LogP contribution in [-0.4, -0.2) is 29.7 Å². The monoisotopic (exact) mass is 245 g/mol. The molecule has 0 unspecified atom stereocenters. The Morgan fingerprint density at radius 2 is 1.89 bits per heavy atom. The molecule has 1 rings (SSSR count). The van der Waals surface area contributed by atoms with E-state index in [0.29, 0.717) is 6.04 Å². The molecule has 0 saturated carbocycles. The van der Waals surface area contributed by atoms with Crippen LogP contribution >= 0.6 is 0 Å². The number of benzene rings is 1. The molecule has 0 aromatic heterocycles. The summed E-state index contributed by atoms with van der Waals surface area (Å²) in [6, 6.07) is 8.77. The third-order valence-electron chi connectivity index (χ3n) is 3.31. The lowest BCUT2D eigenvalue weighted by atomic mass is 10.1. The van der Waals surface area contributed by atoms with Gasteiger partial charge < -0.3 is 5.11 Å². The van der Waals surface area contributed by atoms with Crippen LogP contribution in [-0.2, 0) is 6.54 Å². The minimum atomic E-state index is -0.0866. The quantitative estimate of drug-likeness (QED) is 0.806. The van der Waals surface area contributed by atoms with E-state index in [-0.39, 0.29) is 6.61 Å². The fourth-order valence-corrected chi connectivity index (χ4v) is 2.22. The molecule has 0 aliphatic carbocycles. The molecule has 0 atom stereocenters. The molecule has 0 amide bonds. The normalized spacial score (nSPS) is 10.6. The van der Waals surface area contributed by atoms with Crippen molar-refractivity contribution in [2.24, 2.45) is 0 Å². The summed E-state index contributed by atoms with van der Waals surface area (Å²) >= 11 is 0. The molecule has 0 saturated heterocycles. The number of rotatable bonds is 5. The zero-order chi connectivity index (χ0) is 13.4. The van der Waals surface area contributed by atoms with Crippen LogP contribution in [0.1, 0.15) is 37.8 Å². The molecule has 0 aliphatic rings. The average Bonchev–Trinajstić information content (AvgIpc) is 2.39. The van der Waals surface area contributed by atoms with Gasteiger partial charge in [-0.05, 0) is 31.5 Å². The van der Waals surface area contributed by atoms with Crippen LogP contribution in [0.3, 0.4) is 0 Å². The molecule has 2 nitrogen and oxygen atoms in total. The molecular weight excluding hydrogens is 222 g/mol. The van der Waals surface area contributed by atoms with Crippen LogP contribution in [0.5, 0.6) is 0 Å². The van der Waals surface area contributed by atoms with Crippen LogP contribution in [0.2, 0.25) is 0 Å². The molecule has 1 aromatic carbocycles. The van der Waals surface area contributed by atoms with Gasteiger partial charge in [-0.1, -0.05) is 43.9 Å². The van der Waals surface area contributed by atoms with E-state index >= 15 is 0 Å².